The number of hydrogen-bond acceptors (Lipinski definition) is 4. The number of nitro groups is 1. The molecule has 0 unspecified atom stereocenters. The molecule has 1 amide bonds. The number of nitro benzene ring substituents is 1. The third kappa shape index (κ3) is 3.60. The van der Waals surface area contributed by atoms with E-state index < -0.39 is 4.92 Å². The van der Waals surface area contributed by atoms with E-state index in [0.717, 1.165) is 5.56 Å². The summed E-state index contributed by atoms with van der Waals surface area (Å²) in [7, 11) is 1.52. The molecule has 2 aromatic rings. The zero-order valence-electron chi connectivity index (χ0n) is 12.3. The highest BCUT2D eigenvalue weighted by Gasteiger charge is 2.16. The van der Waals surface area contributed by atoms with Crippen LogP contribution in [-0.2, 0) is 11.2 Å². The Balaban J connectivity index is 2.18. The first-order chi connectivity index (χ1) is 10.5. The summed E-state index contributed by atoms with van der Waals surface area (Å²) in [5.74, 6) is 0.208. The Labute approximate surface area is 127 Å². The summed E-state index contributed by atoms with van der Waals surface area (Å²) < 4.78 is 5.19. The average Bonchev–Trinajstić information content (AvgIpc) is 2.47. The summed E-state index contributed by atoms with van der Waals surface area (Å²) >= 11 is 0. The van der Waals surface area contributed by atoms with Crippen LogP contribution in [0.1, 0.15) is 11.1 Å². The zero-order valence-corrected chi connectivity index (χ0v) is 12.3. The summed E-state index contributed by atoms with van der Waals surface area (Å²) in [5, 5.41) is 13.7. The lowest BCUT2D eigenvalue weighted by Crippen LogP contribution is -2.16. The molecule has 1 N–H and O–H groups in total. The number of nitrogens with zero attached hydrogens (tertiary/aromatic N) is 1. The summed E-state index contributed by atoms with van der Waals surface area (Å²) in [6.45, 7) is 1.90. The minimum absolute atomic E-state index is 0.0612. The van der Waals surface area contributed by atoms with Crippen molar-refractivity contribution in [2.24, 2.45) is 0 Å². The number of amides is 1. The number of ether oxygens (including phenoxy) is 1. The van der Waals surface area contributed by atoms with Gasteiger partial charge in [0.1, 0.15) is 5.75 Å². The van der Waals surface area contributed by atoms with Crippen molar-refractivity contribution in [3.8, 4) is 5.75 Å². The molecule has 0 heterocycles. The van der Waals surface area contributed by atoms with Gasteiger partial charge >= 0.3 is 0 Å². The Morgan fingerprint density at radius 1 is 1.27 bits per heavy atom. The van der Waals surface area contributed by atoms with Crippen LogP contribution in [-0.4, -0.2) is 17.9 Å². The van der Waals surface area contributed by atoms with Crippen LogP contribution in [0.2, 0.25) is 0 Å². The number of anilines is 1. The van der Waals surface area contributed by atoms with Crippen molar-refractivity contribution in [3.63, 3.8) is 0 Å². The molecule has 114 valence electrons. The van der Waals surface area contributed by atoms with E-state index >= 15 is 0 Å². The fourth-order valence-corrected chi connectivity index (χ4v) is 2.13. The lowest BCUT2D eigenvalue weighted by molar-refractivity contribution is -0.385. The van der Waals surface area contributed by atoms with Gasteiger partial charge in [-0.2, -0.15) is 0 Å². The van der Waals surface area contributed by atoms with Gasteiger partial charge in [-0.05, 0) is 24.6 Å². The van der Waals surface area contributed by atoms with E-state index in [1.165, 1.54) is 13.2 Å². The highest BCUT2D eigenvalue weighted by atomic mass is 16.6. The number of carbonyl (C=O) groups excluding carboxylic acids is 1. The summed E-state index contributed by atoms with van der Waals surface area (Å²) in [4.78, 5) is 22.6. The molecule has 0 radical (unpaired) electrons. The normalized spacial score (nSPS) is 10.1. The molecular formula is C16H16N2O4. The van der Waals surface area contributed by atoms with E-state index in [1.807, 2.05) is 13.0 Å². The predicted octanol–water partition coefficient (Wildman–Crippen LogP) is 3.09. The second kappa shape index (κ2) is 6.71. The van der Waals surface area contributed by atoms with E-state index in [2.05, 4.69) is 5.32 Å². The van der Waals surface area contributed by atoms with E-state index in [4.69, 9.17) is 4.74 Å². The van der Waals surface area contributed by atoms with E-state index in [-0.39, 0.29) is 18.0 Å². The van der Waals surface area contributed by atoms with Gasteiger partial charge in [-0.15, -0.1) is 0 Å². The van der Waals surface area contributed by atoms with Crippen LogP contribution in [0.5, 0.6) is 5.75 Å². The van der Waals surface area contributed by atoms with Crippen molar-refractivity contribution >= 4 is 17.3 Å². The van der Waals surface area contributed by atoms with Crippen LogP contribution in [0.15, 0.2) is 42.5 Å². The van der Waals surface area contributed by atoms with Crippen LogP contribution < -0.4 is 10.1 Å². The first-order valence-electron chi connectivity index (χ1n) is 6.68. The van der Waals surface area contributed by atoms with Crippen LogP contribution in [0, 0.1) is 17.0 Å². The molecule has 0 fully saturated rings. The van der Waals surface area contributed by atoms with Gasteiger partial charge in [-0.1, -0.05) is 24.3 Å². The molecule has 0 aliphatic heterocycles. The molecule has 0 saturated heterocycles. The third-order valence-corrected chi connectivity index (χ3v) is 3.17. The maximum Gasteiger partial charge on any atom is 0.273 e. The predicted molar refractivity (Wildman–Crippen MR) is 83.2 cm³/mol. The second-order valence-corrected chi connectivity index (χ2v) is 4.81. The summed E-state index contributed by atoms with van der Waals surface area (Å²) in [6.07, 6.45) is -0.0751. The van der Waals surface area contributed by atoms with Crippen molar-refractivity contribution in [2.45, 2.75) is 13.3 Å². The Bertz CT molecular complexity index is 713. The molecule has 6 nitrogen and oxygen atoms in total. The molecule has 0 aromatic heterocycles. The topological polar surface area (TPSA) is 81.5 Å². The van der Waals surface area contributed by atoms with E-state index in [1.54, 1.807) is 30.3 Å². The Morgan fingerprint density at radius 2 is 2.00 bits per heavy atom. The van der Waals surface area contributed by atoms with Gasteiger partial charge in [-0.3, -0.25) is 14.9 Å². The number of para-hydroxylation sites is 1. The van der Waals surface area contributed by atoms with Gasteiger partial charge in [-0.25, -0.2) is 0 Å². The van der Waals surface area contributed by atoms with Crippen molar-refractivity contribution in [3.05, 3.63) is 63.7 Å². The first kappa shape index (κ1) is 15.5. The molecule has 0 aliphatic rings. The van der Waals surface area contributed by atoms with E-state index in [9.17, 15) is 14.9 Å². The Kier molecular flexibility index (Phi) is 4.73. The number of aryl methyl sites for hydroxylation is 1. The molecule has 0 bridgehead atoms. The van der Waals surface area contributed by atoms with Crippen LogP contribution >= 0.6 is 0 Å². The van der Waals surface area contributed by atoms with Crippen molar-refractivity contribution in [2.75, 3.05) is 12.4 Å². The molecule has 0 saturated carbocycles. The lowest BCUT2D eigenvalue weighted by Gasteiger charge is -2.11. The van der Waals surface area contributed by atoms with Gasteiger partial charge in [0, 0.05) is 11.6 Å². The third-order valence-electron chi connectivity index (χ3n) is 3.17. The number of nitrogens with one attached hydrogen (secondary N) is 1. The Morgan fingerprint density at radius 3 is 2.68 bits per heavy atom. The quantitative estimate of drug-likeness (QED) is 0.679. The molecule has 0 aliphatic carbocycles. The molecule has 6 heteroatoms. The van der Waals surface area contributed by atoms with Gasteiger partial charge in [0.15, 0.2) is 0 Å². The number of benzene rings is 2. The van der Waals surface area contributed by atoms with Gasteiger partial charge in [0.25, 0.3) is 5.69 Å². The standard InChI is InChI=1S/C16H16N2O4/c1-11-7-8-15(22-2)13(9-11)17-16(19)10-12-5-3-4-6-14(12)18(20)21/h3-9H,10H2,1-2H3,(H,17,19). The molecule has 0 atom stereocenters. The SMILES string of the molecule is COc1ccc(C)cc1NC(=O)Cc1ccccc1[N+](=O)[O-]. The number of carbonyl (C=O) groups is 1. The smallest absolute Gasteiger partial charge is 0.273 e. The van der Waals surface area contributed by atoms with Gasteiger partial charge in [0.05, 0.1) is 24.1 Å². The maximum absolute atomic E-state index is 12.1. The highest BCUT2D eigenvalue weighted by molar-refractivity contribution is 5.94. The van der Waals surface area contributed by atoms with E-state index in [0.29, 0.717) is 17.0 Å². The molecule has 2 rings (SSSR count). The lowest BCUT2D eigenvalue weighted by atomic mass is 10.1. The van der Waals surface area contributed by atoms with Gasteiger partial charge < -0.3 is 10.1 Å². The molecule has 2 aromatic carbocycles. The monoisotopic (exact) mass is 300 g/mol. The number of rotatable bonds is 5. The minimum atomic E-state index is -0.490. The van der Waals surface area contributed by atoms with Crippen molar-refractivity contribution in [1.82, 2.24) is 0 Å². The van der Waals surface area contributed by atoms with Crippen LogP contribution in [0.25, 0.3) is 0 Å². The molecule has 22 heavy (non-hydrogen) atoms. The fourth-order valence-electron chi connectivity index (χ4n) is 2.13. The van der Waals surface area contributed by atoms with Crippen molar-refractivity contribution < 1.29 is 14.5 Å². The minimum Gasteiger partial charge on any atom is -0.495 e. The largest absolute Gasteiger partial charge is 0.495 e. The second-order valence-electron chi connectivity index (χ2n) is 4.81. The van der Waals surface area contributed by atoms with Crippen LogP contribution in [0.4, 0.5) is 11.4 Å². The first-order valence-corrected chi connectivity index (χ1v) is 6.68. The summed E-state index contributed by atoms with van der Waals surface area (Å²) in [5.41, 5.74) is 1.83. The highest BCUT2D eigenvalue weighted by Crippen LogP contribution is 2.26. The fraction of sp³-hybridized carbons (Fsp3) is 0.188. The number of methoxy groups -OCH3 is 1. The van der Waals surface area contributed by atoms with Crippen LogP contribution in [0.3, 0.4) is 0 Å². The van der Waals surface area contributed by atoms with Gasteiger partial charge in [0.2, 0.25) is 5.91 Å². The Hall–Kier alpha value is -2.89. The summed E-state index contributed by atoms with van der Waals surface area (Å²) in [6, 6.07) is 11.6. The molecule has 0 spiro atoms. The average molecular weight is 300 g/mol. The zero-order chi connectivity index (χ0) is 16.1. The number of hydrogen-bond donors (Lipinski definition) is 1. The molecular weight excluding hydrogens is 284 g/mol. The maximum atomic E-state index is 12.1. The van der Waals surface area contributed by atoms with Crippen molar-refractivity contribution in [1.29, 1.82) is 0 Å².